The first kappa shape index (κ1) is 20.8. The first-order valence-corrected chi connectivity index (χ1v) is 9.90. The molecule has 3 rings (SSSR count). The Kier molecular flexibility index (Phi) is 5.87. The Labute approximate surface area is 176 Å². The van der Waals surface area contributed by atoms with Gasteiger partial charge in [-0.25, -0.2) is 0 Å². The molecule has 0 radical (unpaired) electrons. The Morgan fingerprint density at radius 3 is 2.41 bits per heavy atom. The summed E-state index contributed by atoms with van der Waals surface area (Å²) in [7, 11) is 1.80. The van der Waals surface area contributed by atoms with Gasteiger partial charge in [-0.2, -0.15) is 15.3 Å². The first-order valence-electron chi connectivity index (χ1n) is 9.10. The maximum absolute atomic E-state index is 12.9. The van der Waals surface area contributed by atoms with E-state index in [2.05, 4.69) is 41.9 Å². The fraction of sp³-hybridized carbons (Fsp3) is 0.389. The van der Waals surface area contributed by atoms with Gasteiger partial charge in [0.15, 0.2) is 0 Å². The van der Waals surface area contributed by atoms with Crippen molar-refractivity contribution in [3.63, 3.8) is 0 Å². The number of aromatic nitrogens is 6. The minimum absolute atomic E-state index is 0.272. The predicted molar refractivity (Wildman–Crippen MR) is 112 cm³/mol. The van der Waals surface area contributed by atoms with Gasteiger partial charge in [0, 0.05) is 19.8 Å². The summed E-state index contributed by atoms with van der Waals surface area (Å²) in [5.74, 6) is -0.677. The Balaban J connectivity index is 1.83. The number of aryl methyl sites for hydroxylation is 3. The highest BCUT2D eigenvalue weighted by molar-refractivity contribution is 9.10. The van der Waals surface area contributed by atoms with Crippen molar-refractivity contribution in [2.75, 3.05) is 10.6 Å². The van der Waals surface area contributed by atoms with E-state index in [4.69, 9.17) is 0 Å². The smallest absolute Gasteiger partial charge is 0.276 e. The van der Waals surface area contributed by atoms with Crippen LogP contribution in [-0.2, 0) is 18.4 Å². The van der Waals surface area contributed by atoms with Crippen LogP contribution in [0.5, 0.6) is 0 Å². The summed E-state index contributed by atoms with van der Waals surface area (Å²) in [5, 5.41) is 18.3. The van der Waals surface area contributed by atoms with Crippen LogP contribution in [0.25, 0.3) is 0 Å². The summed E-state index contributed by atoms with van der Waals surface area (Å²) in [6, 6.07) is -0.568. The Hall–Kier alpha value is -2.95. The first-order chi connectivity index (χ1) is 13.7. The third-order valence-electron chi connectivity index (χ3n) is 4.73. The lowest BCUT2D eigenvalue weighted by atomic mass is 10.2. The lowest BCUT2D eigenvalue weighted by molar-refractivity contribution is -0.119. The van der Waals surface area contributed by atoms with Crippen LogP contribution >= 0.6 is 15.9 Å². The summed E-state index contributed by atoms with van der Waals surface area (Å²) in [5.41, 5.74) is 2.82. The van der Waals surface area contributed by atoms with Crippen molar-refractivity contribution >= 4 is 39.1 Å². The number of nitrogens with zero attached hydrogens (tertiary/aromatic N) is 6. The third kappa shape index (κ3) is 4.09. The highest BCUT2D eigenvalue weighted by Crippen LogP contribution is 2.22. The molecule has 2 N–H and O–H groups in total. The summed E-state index contributed by atoms with van der Waals surface area (Å²) >= 11 is 3.39. The maximum atomic E-state index is 12.9. The number of hydrogen-bond donors (Lipinski definition) is 2. The van der Waals surface area contributed by atoms with Crippen LogP contribution in [0.3, 0.4) is 0 Å². The molecule has 10 nitrogen and oxygen atoms in total. The number of anilines is 2. The summed E-state index contributed by atoms with van der Waals surface area (Å²) in [6.45, 7) is 7.79. The van der Waals surface area contributed by atoms with E-state index in [0.717, 1.165) is 15.9 Å². The van der Waals surface area contributed by atoms with Gasteiger partial charge in [0.25, 0.3) is 5.91 Å². The second kappa shape index (κ2) is 8.19. The van der Waals surface area contributed by atoms with Gasteiger partial charge in [-0.1, -0.05) is 0 Å². The van der Waals surface area contributed by atoms with E-state index in [1.165, 1.54) is 10.9 Å². The van der Waals surface area contributed by atoms with E-state index >= 15 is 0 Å². The molecule has 3 aromatic heterocycles. The molecule has 0 saturated carbocycles. The molecule has 0 saturated heterocycles. The van der Waals surface area contributed by atoms with E-state index in [1.807, 2.05) is 20.8 Å². The number of carbonyl (C=O) groups excluding carboxylic acids is 2. The average Bonchev–Trinajstić information content (AvgIpc) is 3.34. The Morgan fingerprint density at radius 2 is 1.86 bits per heavy atom. The van der Waals surface area contributed by atoms with Gasteiger partial charge < -0.3 is 10.6 Å². The normalized spacial score (nSPS) is 12.1. The second-order valence-corrected chi connectivity index (χ2v) is 7.51. The maximum Gasteiger partial charge on any atom is 0.276 e. The largest absolute Gasteiger partial charge is 0.321 e. The minimum Gasteiger partial charge on any atom is -0.321 e. The van der Waals surface area contributed by atoms with Gasteiger partial charge in [-0.15, -0.1) is 0 Å². The van der Waals surface area contributed by atoms with E-state index in [1.54, 1.807) is 35.7 Å². The SMILES string of the molecule is CCn1ncc(NC(=O)C(C)n2cc(Br)c(C)n2)c1C(=O)Nc1cnn(C)c1C. The molecule has 0 aliphatic rings. The molecule has 0 aromatic carbocycles. The van der Waals surface area contributed by atoms with Crippen molar-refractivity contribution < 1.29 is 9.59 Å². The van der Waals surface area contributed by atoms with Crippen LogP contribution in [-0.4, -0.2) is 41.2 Å². The fourth-order valence-electron chi connectivity index (χ4n) is 2.77. The van der Waals surface area contributed by atoms with Crippen molar-refractivity contribution in [1.82, 2.24) is 29.3 Å². The van der Waals surface area contributed by atoms with Crippen molar-refractivity contribution in [2.24, 2.45) is 7.05 Å². The molecular weight excluding hydrogens is 440 g/mol. The predicted octanol–water partition coefficient (Wildman–Crippen LogP) is 2.66. The molecule has 3 heterocycles. The molecule has 154 valence electrons. The van der Waals surface area contributed by atoms with E-state index in [0.29, 0.717) is 17.9 Å². The van der Waals surface area contributed by atoms with Crippen LogP contribution in [0.1, 0.15) is 41.8 Å². The van der Waals surface area contributed by atoms with Gasteiger partial charge >= 0.3 is 0 Å². The molecule has 0 spiro atoms. The quantitative estimate of drug-likeness (QED) is 0.584. The zero-order valence-electron chi connectivity index (χ0n) is 16.9. The van der Waals surface area contributed by atoms with Gasteiger partial charge in [0.2, 0.25) is 5.91 Å². The molecule has 0 fully saturated rings. The van der Waals surface area contributed by atoms with Crippen LogP contribution < -0.4 is 10.6 Å². The molecule has 0 aliphatic heterocycles. The molecule has 1 unspecified atom stereocenters. The standard InChI is InChI=1S/C18H23BrN8O2/c1-6-26-16(18(29)22-14-7-20-25(5)11(14)3)15(8-21-26)23-17(28)12(4)27-9-13(19)10(2)24-27/h7-9,12H,6H2,1-5H3,(H,22,29)(H,23,28). The molecule has 11 heteroatoms. The Morgan fingerprint density at radius 1 is 1.17 bits per heavy atom. The van der Waals surface area contributed by atoms with Crippen LogP contribution in [0, 0.1) is 13.8 Å². The van der Waals surface area contributed by atoms with E-state index in [-0.39, 0.29) is 17.5 Å². The summed E-state index contributed by atoms with van der Waals surface area (Å²) in [4.78, 5) is 25.7. The van der Waals surface area contributed by atoms with Gasteiger partial charge in [-0.3, -0.25) is 23.6 Å². The number of rotatable bonds is 6. The highest BCUT2D eigenvalue weighted by atomic mass is 79.9. The molecule has 29 heavy (non-hydrogen) atoms. The zero-order chi connectivity index (χ0) is 21.3. The molecule has 0 aliphatic carbocycles. The minimum atomic E-state index is -0.568. The number of halogens is 1. The molecule has 3 aromatic rings. The lowest BCUT2D eigenvalue weighted by Gasteiger charge is -2.13. The van der Waals surface area contributed by atoms with Gasteiger partial charge in [-0.05, 0) is 43.6 Å². The number of nitrogens with one attached hydrogen (secondary N) is 2. The van der Waals surface area contributed by atoms with Gasteiger partial charge in [0.1, 0.15) is 11.7 Å². The van der Waals surface area contributed by atoms with Crippen molar-refractivity contribution in [3.8, 4) is 0 Å². The average molecular weight is 463 g/mol. The summed E-state index contributed by atoms with van der Waals surface area (Å²) < 4.78 is 5.59. The number of carbonyl (C=O) groups is 2. The fourth-order valence-corrected chi connectivity index (χ4v) is 3.06. The van der Waals surface area contributed by atoms with E-state index < -0.39 is 6.04 Å². The van der Waals surface area contributed by atoms with Crippen molar-refractivity contribution in [2.45, 2.75) is 40.3 Å². The molecule has 2 amide bonds. The van der Waals surface area contributed by atoms with E-state index in [9.17, 15) is 9.59 Å². The monoisotopic (exact) mass is 462 g/mol. The number of hydrogen-bond acceptors (Lipinski definition) is 5. The third-order valence-corrected chi connectivity index (χ3v) is 5.51. The molecule has 0 bridgehead atoms. The lowest BCUT2D eigenvalue weighted by Crippen LogP contribution is -2.26. The molecule has 1 atom stereocenters. The van der Waals surface area contributed by atoms with Crippen LogP contribution in [0.2, 0.25) is 0 Å². The Bertz CT molecular complexity index is 1040. The zero-order valence-corrected chi connectivity index (χ0v) is 18.5. The van der Waals surface area contributed by atoms with Crippen LogP contribution in [0.15, 0.2) is 23.1 Å². The molecular formula is C18H23BrN8O2. The van der Waals surface area contributed by atoms with Gasteiger partial charge in [0.05, 0.1) is 39.6 Å². The second-order valence-electron chi connectivity index (χ2n) is 6.65. The number of amides is 2. The topological polar surface area (TPSA) is 112 Å². The van der Waals surface area contributed by atoms with Crippen molar-refractivity contribution in [3.05, 3.63) is 40.1 Å². The van der Waals surface area contributed by atoms with Crippen LogP contribution in [0.4, 0.5) is 11.4 Å². The van der Waals surface area contributed by atoms with Crippen molar-refractivity contribution in [1.29, 1.82) is 0 Å². The summed E-state index contributed by atoms with van der Waals surface area (Å²) in [6.07, 6.45) is 4.80. The highest BCUT2D eigenvalue weighted by Gasteiger charge is 2.24.